The summed E-state index contributed by atoms with van der Waals surface area (Å²) in [6.45, 7) is 3.63. The Morgan fingerprint density at radius 1 is 1.60 bits per heavy atom. The normalized spacial score (nSPS) is 16.3. The Morgan fingerprint density at radius 2 is 2.40 bits per heavy atom. The fourth-order valence-electron chi connectivity index (χ4n) is 1.59. The van der Waals surface area contributed by atoms with Gasteiger partial charge in [0.25, 0.3) is 0 Å². The number of hydrogen-bond donors (Lipinski definition) is 2. The summed E-state index contributed by atoms with van der Waals surface area (Å²) in [5, 5.41) is 2.76. The van der Waals surface area contributed by atoms with Gasteiger partial charge in [0.15, 0.2) is 0 Å². The van der Waals surface area contributed by atoms with Crippen LogP contribution in [0.2, 0.25) is 0 Å². The van der Waals surface area contributed by atoms with E-state index in [1.54, 1.807) is 6.20 Å². The third kappa shape index (κ3) is 1.98. The second-order valence-corrected chi connectivity index (χ2v) is 3.51. The van der Waals surface area contributed by atoms with Gasteiger partial charge in [-0.15, -0.1) is 0 Å². The molecule has 2 rings (SSSR count). The molecule has 6 nitrogen and oxygen atoms in total. The molecule has 1 aliphatic heterocycles. The Balaban J connectivity index is 2.27. The number of hydrogen-bond acceptors (Lipinski definition) is 5. The van der Waals surface area contributed by atoms with Crippen LogP contribution in [-0.4, -0.2) is 35.5 Å². The van der Waals surface area contributed by atoms with Crippen LogP contribution < -0.4 is 16.0 Å². The molecular formula is C9H13N5O. The highest BCUT2D eigenvalue weighted by Crippen LogP contribution is 2.17. The Kier molecular flexibility index (Phi) is 2.40. The fraction of sp³-hybridized carbons (Fsp3) is 0.444. The Morgan fingerprint density at radius 3 is 3.13 bits per heavy atom. The van der Waals surface area contributed by atoms with Crippen LogP contribution in [0, 0.1) is 6.92 Å². The van der Waals surface area contributed by atoms with E-state index in [2.05, 4.69) is 15.3 Å². The van der Waals surface area contributed by atoms with Crippen LogP contribution >= 0.6 is 0 Å². The van der Waals surface area contributed by atoms with E-state index in [1.165, 1.54) is 0 Å². The number of anilines is 2. The molecule has 1 aromatic heterocycles. The summed E-state index contributed by atoms with van der Waals surface area (Å²) in [5.41, 5.74) is 6.45. The van der Waals surface area contributed by atoms with Crippen molar-refractivity contribution >= 4 is 17.7 Å². The van der Waals surface area contributed by atoms with Crippen LogP contribution in [0.3, 0.4) is 0 Å². The zero-order valence-electron chi connectivity index (χ0n) is 8.53. The summed E-state index contributed by atoms with van der Waals surface area (Å²) in [7, 11) is 0. The summed E-state index contributed by atoms with van der Waals surface area (Å²) in [5.74, 6) is 0.997. The maximum absolute atomic E-state index is 11.2. The first kappa shape index (κ1) is 9.70. The van der Waals surface area contributed by atoms with Crippen molar-refractivity contribution in [3.63, 3.8) is 0 Å². The molecule has 0 spiro atoms. The van der Waals surface area contributed by atoms with Crippen LogP contribution in [0.25, 0.3) is 0 Å². The summed E-state index contributed by atoms with van der Waals surface area (Å²) in [4.78, 5) is 21.2. The summed E-state index contributed by atoms with van der Waals surface area (Å²) >= 11 is 0. The number of aryl methyl sites for hydroxylation is 1. The van der Waals surface area contributed by atoms with E-state index in [-0.39, 0.29) is 11.9 Å². The van der Waals surface area contributed by atoms with Crippen molar-refractivity contribution in [2.45, 2.75) is 6.92 Å². The number of nitrogen functional groups attached to an aromatic ring is 1. The third-order valence-corrected chi connectivity index (χ3v) is 2.30. The Hall–Kier alpha value is -1.85. The standard InChI is InChI=1S/C9H13N5O/c1-6-4-12-9(10)13-8(6)14-3-2-11-7(15)5-14/h4H,2-3,5H2,1H3,(H,11,15)(H2,10,12,13). The molecule has 6 heteroatoms. The van der Waals surface area contributed by atoms with Gasteiger partial charge in [0.05, 0.1) is 6.54 Å². The number of carbonyl (C=O) groups is 1. The van der Waals surface area contributed by atoms with Gasteiger partial charge >= 0.3 is 0 Å². The highest BCUT2D eigenvalue weighted by atomic mass is 16.2. The summed E-state index contributed by atoms with van der Waals surface area (Å²) < 4.78 is 0. The molecule has 0 saturated carbocycles. The first-order valence-corrected chi connectivity index (χ1v) is 4.77. The van der Waals surface area contributed by atoms with E-state index < -0.39 is 0 Å². The predicted octanol–water partition coefficient (Wildman–Crippen LogP) is -0.697. The Labute approximate surface area is 87.5 Å². The highest BCUT2D eigenvalue weighted by Gasteiger charge is 2.19. The minimum Gasteiger partial charge on any atom is -0.368 e. The maximum atomic E-state index is 11.2. The quantitative estimate of drug-likeness (QED) is 0.636. The van der Waals surface area contributed by atoms with Crippen molar-refractivity contribution in [1.82, 2.24) is 15.3 Å². The second kappa shape index (κ2) is 3.72. The molecule has 0 bridgehead atoms. The van der Waals surface area contributed by atoms with Gasteiger partial charge < -0.3 is 16.0 Å². The number of nitrogens with two attached hydrogens (primary N) is 1. The van der Waals surface area contributed by atoms with Crippen LogP contribution in [-0.2, 0) is 4.79 Å². The van der Waals surface area contributed by atoms with Gasteiger partial charge in [-0.3, -0.25) is 4.79 Å². The monoisotopic (exact) mass is 207 g/mol. The minimum atomic E-state index is 0.0119. The van der Waals surface area contributed by atoms with E-state index in [9.17, 15) is 4.79 Å². The number of amides is 1. The lowest BCUT2D eigenvalue weighted by Gasteiger charge is -2.28. The molecule has 0 atom stereocenters. The Bertz CT molecular complexity index is 392. The molecule has 1 aromatic rings. The molecule has 1 amide bonds. The molecule has 0 aromatic carbocycles. The molecule has 2 heterocycles. The summed E-state index contributed by atoms with van der Waals surface area (Å²) in [6, 6.07) is 0. The molecule has 0 aliphatic carbocycles. The van der Waals surface area contributed by atoms with E-state index in [0.29, 0.717) is 13.1 Å². The largest absolute Gasteiger partial charge is 0.368 e. The van der Waals surface area contributed by atoms with E-state index in [1.807, 2.05) is 11.8 Å². The van der Waals surface area contributed by atoms with Gasteiger partial charge in [-0.05, 0) is 6.92 Å². The molecule has 1 fully saturated rings. The van der Waals surface area contributed by atoms with Crippen molar-refractivity contribution in [3.8, 4) is 0 Å². The van der Waals surface area contributed by atoms with Crippen molar-refractivity contribution in [1.29, 1.82) is 0 Å². The molecule has 80 valence electrons. The second-order valence-electron chi connectivity index (χ2n) is 3.51. The van der Waals surface area contributed by atoms with E-state index >= 15 is 0 Å². The van der Waals surface area contributed by atoms with Gasteiger partial charge in [0, 0.05) is 24.8 Å². The topological polar surface area (TPSA) is 84.1 Å². The van der Waals surface area contributed by atoms with Gasteiger partial charge in [-0.25, -0.2) is 4.98 Å². The molecule has 0 radical (unpaired) electrons. The van der Waals surface area contributed by atoms with Gasteiger partial charge in [0.1, 0.15) is 5.82 Å². The zero-order valence-corrected chi connectivity index (χ0v) is 8.53. The number of carbonyl (C=O) groups excluding carboxylic acids is 1. The van der Waals surface area contributed by atoms with Crippen LogP contribution in [0.1, 0.15) is 5.56 Å². The molecule has 1 aliphatic rings. The number of rotatable bonds is 1. The van der Waals surface area contributed by atoms with Crippen LogP contribution in [0.15, 0.2) is 6.20 Å². The lowest BCUT2D eigenvalue weighted by Crippen LogP contribution is -2.48. The van der Waals surface area contributed by atoms with E-state index in [0.717, 1.165) is 17.9 Å². The van der Waals surface area contributed by atoms with Gasteiger partial charge in [-0.1, -0.05) is 0 Å². The highest BCUT2D eigenvalue weighted by molar-refractivity contribution is 5.82. The lowest BCUT2D eigenvalue weighted by molar-refractivity contribution is -0.120. The fourth-order valence-corrected chi connectivity index (χ4v) is 1.59. The number of nitrogens with one attached hydrogen (secondary N) is 1. The number of aromatic nitrogens is 2. The first-order chi connectivity index (χ1) is 7.16. The number of piperazine rings is 1. The predicted molar refractivity (Wildman–Crippen MR) is 56.4 cm³/mol. The van der Waals surface area contributed by atoms with Crippen molar-refractivity contribution in [3.05, 3.63) is 11.8 Å². The average Bonchev–Trinajstić information content (AvgIpc) is 2.22. The van der Waals surface area contributed by atoms with Crippen LogP contribution in [0.5, 0.6) is 0 Å². The first-order valence-electron chi connectivity index (χ1n) is 4.77. The smallest absolute Gasteiger partial charge is 0.239 e. The maximum Gasteiger partial charge on any atom is 0.239 e. The number of nitrogens with zero attached hydrogens (tertiary/aromatic N) is 3. The van der Waals surface area contributed by atoms with Gasteiger partial charge in [-0.2, -0.15) is 4.98 Å². The third-order valence-electron chi connectivity index (χ3n) is 2.30. The van der Waals surface area contributed by atoms with Crippen LogP contribution in [0.4, 0.5) is 11.8 Å². The summed E-state index contributed by atoms with van der Waals surface area (Å²) in [6.07, 6.45) is 1.67. The molecule has 0 unspecified atom stereocenters. The molecular weight excluding hydrogens is 194 g/mol. The SMILES string of the molecule is Cc1cnc(N)nc1N1CCNC(=O)C1. The zero-order chi connectivity index (χ0) is 10.8. The molecule has 15 heavy (non-hydrogen) atoms. The van der Waals surface area contributed by atoms with Gasteiger partial charge in [0.2, 0.25) is 11.9 Å². The average molecular weight is 207 g/mol. The minimum absolute atomic E-state index is 0.0119. The molecule has 3 N–H and O–H groups in total. The van der Waals surface area contributed by atoms with Crippen molar-refractivity contribution in [2.75, 3.05) is 30.3 Å². The molecule has 1 saturated heterocycles. The van der Waals surface area contributed by atoms with Crippen molar-refractivity contribution < 1.29 is 4.79 Å². The van der Waals surface area contributed by atoms with Crippen molar-refractivity contribution in [2.24, 2.45) is 0 Å². The van der Waals surface area contributed by atoms with E-state index in [4.69, 9.17) is 5.73 Å². The lowest BCUT2D eigenvalue weighted by atomic mass is 10.3.